The fourth-order valence-electron chi connectivity index (χ4n) is 2.69. The number of carbonyl (C=O) groups is 1. The zero-order valence-corrected chi connectivity index (χ0v) is 9.05. The third kappa shape index (κ3) is 2.35. The smallest absolute Gasteiger partial charge is 0.133 e. The van der Waals surface area contributed by atoms with E-state index in [1.165, 1.54) is 19.3 Å². The normalized spacial score (nSPS) is 38.1. The molecule has 2 heteroatoms. The first kappa shape index (κ1) is 10.2. The van der Waals surface area contributed by atoms with Crippen LogP contribution in [-0.4, -0.2) is 18.5 Å². The molecule has 2 rings (SSSR count). The Morgan fingerprint density at radius 1 is 1.57 bits per heavy atom. The van der Waals surface area contributed by atoms with Crippen LogP contribution in [0.4, 0.5) is 0 Å². The minimum atomic E-state index is 0.295. The second kappa shape index (κ2) is 4.01. The van der Waals surface area contributed by atoms with E-state index in [1.807, 2.05) is 0 Å². The van der Waals surface area contributed by atoms with Crippen LogP contribution >= 0.6 is 0 Å². The summed E-state index contributed by atoms with van der Waals surface area (Å²) in [7, 11) is 0. The molecule has 0 bridgehead atoms. The van der Waals surface area contributed by atoms with Gasteiger partial charge in [0.1, 0.15) is 5.78 Å². The van der Waals surface area contributed by atoms with Crippen molar-refractivity contribution in [2.45, 2.75) is 58.0 Å². The number of carbonyl (C=O) groups excluding carboxylic acids is 1. The molecule has 1 aliphatic heterocycles. The highest BCUT2D eigenvalue weighted by molar-refractivity contribution is 5.81. The summed E-state index contributed by atoms with van der Waals surface area (Å²) < 4.78 is 5.60. The third-order valence-electron chi connectivity index (χ3n) is 3.73. The summed E-state index contributed by atoms with van der Waals surface area (Å²) in [6.07, 6.45) is 7.97. The number of rotatable bonds is 3. The summed E-state index contributed by atoms with van der Waals surface area (Å²) in [6, 6.07) is 0. The summed E-state index contributed by atoms with van der Waals surface area (Å²) in [5.74, 6) is 0.458. The van der Waals surface area contributed by atoms with Gasteiger partial charge in [-0.2, -0.15) is 0 Å². The molecule has 2 fully saturated rings. The van der Waals surface area contributed by atoms with E-state index >= 15 is 0 Å². The van der Waals surface area contributed by atoms with Crippen molar-refractivity contribution in [2.24, 2.45) is 5.41 Å². The van der Waals surface area contributed by atoms with E-state index in [0.29, 0.717) is 17.3 Å². The molecule has 0 spiro atoms. The standard InChI is InChI=1S/C12H20O2/c1-12(6-4-10(13)9-12)7-5-11-3-2-8-14-11/h11H,2-9H2,1H3. The zero-order chi connectivity index (χ0) is 10.0. The SMILES string of the molecule is CC1(CCC2CCCO2)CCC(=O)C1. The van der Waals surface area contributed by atoms with Gasteiger partial charge in [0.25, 0.3) is 0 Å². The molecule has 0 aromatic rings. The minimum Gasteiger partial charge on any atom is -0.378 e. The number of Topliss-reactive ketones (excluding diaryl/α,β-unsaturated/α-hetero) is 1. The van der Waals surface area contributed by atoms with Crippen molar-refractivity contribution < 1.29 is 9.53 Å². The molecule has 2 unspecified atom stereocenters. The Kier molecular flexibility index (Phi) is 2.91. The predicted molar refractivity (Wildman–Crippen MR) is 55.2 cm³/mol. The predicted octanol–water partition coefficient (Wildman–Crippen LogP) is 2.70. The summed E-state index contributed by atoms with van der Waals surface area (Å²) in [6.45, 7) is 3.20. The van der Waals surface area contributed by atoms with E-state index in [2.05, 4.69) is 6.92 Å². The molecule has 2 aliphatic rings. The lowest BCUT2D eigenvalue weighted by molar-refractivity contribution is -0.118. The zero-order valence-electron chi connectivity index (χ0n) is 9.05. The molecule has 2 nitrogen and oxygen atoms in total. The van der Waals surface area contributed by atoms with Gasteiger partial charge in [0.15, 0.2) is 0 Å². The molecule has 1 saturated carbocycles. The van der Waals surface area contributed by atoms with Crippen LogP contribution < -0.4 is 0 Å². The Morgan fingerprint density at radius 3 is 3.00 bits per heavy atom. The van der Waals surface area contributed by atoms with Gasteiger partial charge in [0, 0.05) is 19.4 Å². The lowest BCUT2D eigenvalue weighted by Gasteiger charge is -2.23. The first-order valence-electron chi connectivity index (χ1n) is 5.81. The van der Waals surface area contributed by atoms with Gasteiger partial charge >= 0.3 is 0 Å². The van der Waals surface area contributed by atoms with Crippen LogP contribution in [0.25, 0.3) is 0 Å². The lowest BCUT2D eigenvalue weighted by Crippen LogP contribution is -2.16. The largest absolute Gasteiger partial charge is 0.378 e. The highest BCUT2D eigenvalue weighted by atomic mass is 16.5. The van der Waals surface area contributed by atoms with E-state index in [1.54, 1.807) is 0 Å². The van der Waals surface area contributed by atoms with Crippen molar-refractivity contribution in [1.82, 2.24) is 0 Å². The summed E-state index contributed by atoms with van der Waals surface area (Å²) in [4.78, 5) is 11.2. The molecule has 0 radical (unpaired) electrons. The van der Waals surface area contributed by atoms with E-state index in [0.717, 1.165) is 32.3 Å². The fraction of sp³-hybridized carbons (Fsp3) is 0.917. The van der Waals surface area contributed by atoms with Crippen molar-refractivity contribution in [2.75, 3.05) is 6.61 Å². The van der Waals surface area contributed by atoms with Gasteiger partial charge in [-0.05, 0) is 37.5 Å². The van der Waals surface area contributed by atoms with Crippen LogP contribution in [-0.2, 0) is 9.53 Å². The van der Waals surface area contributed by atoms with E-state index in [4.69, 9.17) is 4.74 Å². The van der Waals surface area contributed by atoms with Crippen LogP contribution in [0, 0.1) is 5.41 Å². The molecular weight excluding hydrogens is 176 g/mol. The first-order chi connectivity index (χ1) is 6.68. The van der Waals surface area contributed by atoms with Crippen molar-refractivity contribution in [1.29, 1.82) is 0 Å². The van der Waals surface area contributed by atoms with Crippen LogP contribution in [0.1, 0.15) is 51.9 Å². The Labute approximate surface area is 86.0 Å². The maximum atomic E-state index is 11.2. The molecule has 1 aliphatic carbocycles. The molecule has 0 N–H and O–H groups in total. The van der Waals surface area contributed by atoms with E-state index in [9.17, 15) is 4.79 Å². The van der Waals surface area contributed by atoms with Gasteiger partial charge in [0.2, 0.25) is 0 Å². The van der Waals surface area contributed by atoms with Crippen molar-refractivity contribution >= 4 is 5.78 Å². The second-order valence-electron chi connectivity index (χ2n) is 5.20. The first-order valence-corrected chi connectivity index (χ1v) is 5.81. The quantitative estimate of drug-likeness (QED) is 0.693. The Morgan fingerprint density at radius 2 is 2.43 bits per heavy atom. The van der Waals surface area contributed by atoms with Crippen LogP contribution in [0.2, 0.25) is 0 Å². The molecule has 80 valence electrons. The Hall–Kier alpha value is -0.370. The van der Waals surface area contributed by atoms with Gasteiger partial charge in [0.05, 0.1) is 6.10 Å². The van der Waals surface area contributed by atoms with E-state index < -0.39 is 0 Å². The van der Waals surface area contributed by atoms with Crippen molar-refractivity contribution in [3.05, 3.63) is 0 Å². The maximum Gasteiger partial charge on any atom is 0.133 e. The molecule has 1 saturated heterocycles. The van der Waals surface area contributed by atoms with Crippen LogP contribution in [0.3, 0.4) is 0 Å². The van der Waals surface area contributed by atoms with Crippen molar-refractivity contribution in [3.63, 3.8) is 0 Å². The van der Waals surface area contributed by atoms with E-state index in [-0.39, 0.29) is 0 Å². The lowest BCUT2D eigenvalue weighted by atomic mass is 9.83. The van der Waals surface area contributed by atoms with Crippen LogP contribution in [0.5, 0.6) is 0 Å². The maximum absolute atomic E-state index is 11.2. The average Bonchev–Trinajstić information content (AvgIpc) is 2.73. The average molecular weight is 196 g/mol. The van der Waals surface area contributed by atoms with Gasteiger partial charge in [-0.25, -0.2) is 0 Å². The third-order valence-corrected chi connectivity index (χ3v) is 3.73. The van der Waals surface area contributed by atoms with Crippen LogP contribution in [0.15, 0.2) is 0 Å². The molecule has 1 heterocycles. The number of hydrogen-bond donors (Lipinski definition) is 0. The highest BCUT2D eigenvalue weighted by Crippen LogP contribution is 2.40. The minimum absolute atomic E-state index is 0.295. The molecular formula is C12H20O2. The molecule has 0 amide bonds. The van der Waals surface area contributed by atoms with Gasteiger partial charge < -0.3 is 4.74 Å². The Balaban J connectivity index is 1.76. The fourth-order valence-corrected chi connectivity index (χ4v) is 2.69. The highest BCUT2D eigenvalue weighted by Gasteiger charge is 2.34. The van der Waals surface area contributed by atoms with Gasteiger partial charge in [-0.15, -0.1) is 0 Å². The monoisotopic (exact) mass is 196 g/mol. The topological polar surface area (TPSA) is 26.3 Å². The van der Waals surface area contributed by atoms with Gasteiger partial charge in [-0.1, -0.05) is 6.92 Å². The summed E-state index contributed by atoms with van der Waals surface area (Å²) >= 11 is 0. The second-order valence-corrected chi connectivity index (χ2v) is 5.20. The number of ketones is 1. The molecule has 2 atom stereocenters. The Bertz CT molecular complexity index is 218. The molecule has 0 aromatic carbocycles. The molecule has 14 heavy (non-hydrogen) atoms. The molecule has 0 aromatic heterocycles. The van der Waals surface area contributed by atoms with Crippen molar-refractivity contribution in [3.8, 4) is 0 Å². The number of hydrogen-bond acceptors (Lipinski definition) is 2. The number of ether oxygens (including phenoxy) is 1. The summed E-state index contributed by atoms with van der Waals surface area (Å²) in [5, 5.41) is 0. The summed E-state index contributed by atoms with van der Waals surface area (Å²) in [5.41, 5.74) is 0.295. The van der Waals surface area contributed by atoms with Gasteiger partial charge in [-0.3, -0.25) is 4.79 Å².